The van der Waals surface area contributed by atoms with Gasteiger partial charge < -0.3 is 9.73 Å². The SMILES string of the molecule is CC(=O)NCc1ccc(-c2csc(NC(=O)c3ccc(-c4ccc([N+](=O)[O-])cc4)o3)n2)cc1. The van der Waals surface area contributed by atoms with Gasteiger partial charge in [-0.05, 0) is 29.8 Å². The lowest BCUT2D eigenvalue weighted by Gasteiger charge is -2.03. The van der Waals surface area contributed by atoms with Crippen molar-refractivity contribution in [3.8, 4) is 22.6 Å². The molecule has 0 aliphatic carbocycles. The summed E-state index contributed by atoms with van der Waals surface area (Å²) >= 11 is 1.29. The van der Waals surface area contributed by atoms with Crippen molar-refractivity contribution in [2.24, 2.45) is 0 Å². The molecule has 0 saturated heterocycles. The first-order valence-corrected chi connectivity index (χ1v) is 10.7. The summed E-state index contributed by atoms with van der Waals surface area (Å²) in [5.74, 6) is -0.0123. The predicted octanol–water partition coefficient (Wildman–Crippen LogP) is 4.87. The Hall–Kier alpha value is -4.31. The second-order valence-electron chi connectivity index (χ2n) is 7.07. The van der Waals surface area contributed by atoms with E-state index in [9.17, 15) is 19.7 Å². The number of aromatic nitrogens is 1. The van der Waals surface area contributed by atoms with Crippen molar-refractivity contribution in [3.05, 3.63) is 87.5 Å². The summed E-state index contributed by atoms with van der Waals surface area (Å²) in [6, 6.07) is 16.7. The summed E-state index contributed by atoms with van der Waals surface area (Å²) in [6.45, 7) is 1.93. The van der Waals surface area contributed by atoms with Gasteiger partial charge in [0, 0.05) is 42.1 Å². The van der Waals surface area contributed by atoms with Gasteiger partial charge in [0.05, 0.1) is 10.6 Å². The first kappa shape index (κ1) is 21.9. The summed E-state index contributed by atoms with van der Waals surface area (Å²) in [6.07, 6.45) is 0. The van der Waals surface area contributed by atoms with Crippen LogP contribution in [0, 0.1) is 10.1 Å². The monoisotopic (exact) mass is 462 g/mol. The summed E-state index contributed by atoms with van der Waals surface area (Å²) in [4.78, 5) is 38.3. The molecule has 0 aliphatic rings. The smallest absolute Gasteiger partial charge is 0.293 e. The van der Waals surface area contributed by atoms with Crippen LogP contribution in [0.5, 0.6) is 0 Å². The molecule has 166 valence electrons. The molecule has 2 N–H and O–H groups in total. The third-order valence-electron chi connectivity index (χ3n) is 4.71. The van der Waals surface area contributed by atoms with Crippen LogP contribution in [0.4, 0.5) is 10.8 Å². The van der Waals surface area contributed by atoms with Crippen molar-refractivity contribution in [3.63, 3.8) is 0 Å². The second kappa shape index (κ2) is 9.45. The lowest BCUT2D eigenvalue weighted by molar-refractivity contribution is -0.384. The van der Waals surface area contributed by atoms with Crippen LogP contribution >= 0.6 is 11.3 Å². The maximum Gasteiger partial charge on any atom is 0.293 e. The number of rotatable bonds is 7. The largest absolute Gasteiger partial charge is 0.451 e. The van der Waals surface area contributed by atoms with E-state index < -0.39 is 10.8 Å². The van der Waals surface area contributed by atoms with Gasteiger partial charge in [-0.25, -0.2) is 4.98 Å². The summed E-state index contributed by atoms with van der Waals surface area (Å²) < 4.78 is 5.61. The molecule has 9 nitrogen and oxygen atoms in total. The van der Waals surface area contributed by atoms with Gasteiger partial charge in [0.2, 0.25) is 5.91 Å². The molecule has 0 saturated carbocycles. The number of nitro groups is 1. The average Bonchev–Trinajstić information content (AvgIpc) is 3.48. The summed E-state index contributed by atoms with van der Waals surface area (Å²) in [7, 11) is 0. The highest BCUT2D eigenvalue weighted by molar-refractivity contribution is 7.14. The molecule has 2 amide bonds. The van der Waals surface area contributed by atoms with Crippen LogP contribution < -0.4 is 10.6 Å². The number of anilines is 1. The maximum absolute atomic E-state index is 12.6. The first-order valence-electron chi connectivity index (χ1n) is 9.84. The molecule has 2 aromatic heterocycles. The van der Waals surface area contributed by atoms with Crippen molar-refractivity contribution >= 4 is 34.0 Å². The fraction of sp³-hybridized carbons (Fsp3) is 0.0870. The number of amides is 2. The molecule has 4 rings (SSSR count). The number of hydrogen-bond donors (Lipinski definition) is 2. The van der Waals surface area contributed by atoms with E-state index >= 15 is 0 Å². The minimum atomic E-state index is -0.479. The molecule has 2 heterocycles. The van der Waals surface area contributed by atoms with Crippen molar-refractivity contribution < 1.29 is 18.9 Å². The Labute approximate surface area is 192 Å². The molecule has 0 atom stereocenters. The predicted molar refractivity (Wildman–Crippen MR) is 124 cm³/mol. The van der Waals surface area contributed by atoms with Gasteiger partial charge in [-0.2, -0.15) is 0 Å². The normalized spacial score (nSPS) is 10.6. The molecule has 0 fully saturated rings. The minimum absolute atomic E-state index is 0.0230. The van der Waals surface area contributed by atoms with E-state index in [1.165, 1.54) is 36.5 Å². The number of carbonyl (C=O) groups excluding carboxylic acids is 2. The van der Waals surface area contributed by atoms with Gasteiger partial charge in [0.15, 0.2) is 10.9 Å². The number of carbonyl (C=O) groups is 2. The van der Waals surface area contributed by atoms with Crippen molar-refractivity contribution in [2.75, 3.05) is 5.32 Å². The second-order valence-corrected chi connectivity index (χ2v) is 7.92. The van der Waals surface area contributed by atoms with Crippen LogP contribution in [0.2, 0.25) is 0 Å². The highest BCUT2D eigenvalue weighted by Gasteiger charge is 2.15. The standard InChI is InChI=1S/C23H18N4O5S/c1-14(28)24-12-15-2-4-16(5-3-15)19-13-33-23(25-19)26-22(29)21-11-10-20(32-21)17-6-8-18(9-7-17)27(30)31/h2-11,13H,12H2,1H3,(H,24,28)(H,25,26,29). The molecule has 0 aliphatic heterocycles. The molecule has 4 aromatic rings. The Kier molecular flexibility index (Phi) is 6.27. The Morgan fingerprint density at radius 1 is 1.03 bits per heavy atom. The van der Waals surface area contributed by atoms with Gasteiger partial charge in [-0.1, -0.05) is 24.3 Å². The van der Waals surface area contributed by atoms with Gasteiger partial charge in [0.25, 0.3) is 11.6 Å². The highest BCUT2D eigenvalue weighted by Crippen LogP contribution is 2.27. The number of nitro benzene ring substituents is 1. The number of furan rings is 1. The van der Waals surface area contributed by atoms with Gasteiger partial charge in [0.1, 0.15) is 5.76 Å². The van der Waals surface area contributed by atoms with Crippen LogP contribution in [0.15, 0.2) is 70.5 Å². The van der Waals surface area contributed by atoms with Gasteiger partial charge >= 0.3 is 0 Å². The molecule has 0 unspecified atom stereocenters. The number of nitrogens with one attached hydrogen (secondary N) is 2. The third kappa shape index (κ3) is 5.31. The Morgan fingerprint density at radius 2 is 1.73 bits per heavy atom. The van der Waals surface area contributed by atoms with E-state index in [0.29, 0.717) is 28.7 Å². The Balaban J connectivity index is 1.41. The van der Waals surface area contributed by atoms with Crippen LogP contribution in [0.25, 0.3) is 22.6 Å². The minimum Gasteiger partial charge on any atom is -0.451 e. The fourth-order valence-corrected chi connectivity index (χ4v) is 3.72. The third-order valence-corrected chi connectivity index (χ3v) is 5.47. The Bertz CT molecular complexity index is 1310. The highest BCUT2D eigenvalue weighted by atomic mass is 32.1. The van der Waals surface area contributed by atoms with Crippen LogP contribution in [0.3, 0.4) is 0 Å². The summed E-state index contributed by atoms with van der Waals surface area (Å²) in [5, 5.41) is 18.5. The topological polar surface area (TPSA) is 127 Å². The molecular weight excluding hydrogens is 444 g/mol. The van der Waals surface area contributed by atoms with Crippen LogP contribution in [-0.4, -0.2) is 21.7 Å². The van der Waals surface area contributed by atoms with Crippen molar-refractivity contribution in [1.29, 1.82) is 0 Å². The quantitative estimate of drug-likeness (QED) is 0.298. The first-order chi connectivity index (χ1) is 15.9. The summed E-state index contributed by atoms with van der Waals surface area (Å²) in [5.41, 5.74) is 3.17. The molecule has 0 radical (unpaired) electrons. The number of benzene rings is 2. The zero-order chi connectivity index (χ0) is 23.4. The zero-order valence-electron chi connectivity index (χ0n) is 17.4. The van der Waals surface area contributed by atoms with E-state index in [-0.39, 0.29) is 17.4 Å². The number of thiazole rings is 1. The van der Waals surface area contributed by atoms with E-state index in [2.05, 4.69) is 15.6 Å². The van der Waals surface area contributed by atoms with Crippen molar-refractivity contribution in [1.82, 2.24) is 10.3 Å². The molecule has 10 heteroatoms. The van der Waals surface area contributed by atoms with E-state index in [0.717, 1.165) is 11.1 Å². The number of nitrogens with zero attached hydrogens (tertiary/aromatic N) is 2. The zero-order valence-corrected chi connectivity index (χ0v) is 18.2. The maximum atomic E-state index is 12.6. The number of hydrogen-bond acceptors (Lipinski definition) is 7. The van der Waals surface area contributed by atoms with E-state index in [1.807, 2.05) is 29.6 Å². The molecule has 33 heavy (non-hydrogen) atoms. The fourth-order valence-electron chi connectivity index (χ4n) is 3.00. The Morgan fingerprint density at radius 3 is 2.39 bits per heavy atom. The average molecular weight is 462 g/mol. The number of non-ortho nitro benzene ring substituents is 1. The van der Waals surface area contributed by atoms with E-state index in [4.69, 9.17) is 4.42 Å². The van der Waals surface area contributed by atoms with Crippen molar-refractivity contribution in [2.45, 2.75) is 13.5 Å². The molecular formula is C23H18N4O5S. The lowest BCUT2D eigenvalue weighted by atomic mass is 10.1. The molecule has 0 bridgehead atoms. The molecule has 2 aromatic carbocycles. The van der Waals surface area contributed by atoms with Gasteiger partial charge in [-0.3, -0.25) is 25.0 Å². The molecule has 0 spiro atoms. The van der Waals surface area contributed by atoms with E-state index in [1.54, 1.807) is 18.2 Å². The lowest BCUT2D eigenvalue weighted by Crippen LogP contribution is -2.18. The van der Waals surface area contributed by atoms with Crippen LogP contribution in [-0.2, 0) is 11.3 Å². The van der Waals surface area contributed by atoms with Gasteiger partial charge in [-0.15, -0.1) is 11.3 Å². The van der Waals surface area contributed by atoms with Crippen LogP contribution in [0.1, 0.15) is 23.0 Å².